The molecule has 1 saturated heterocycles. The topological polar surface area (TPSA) is 45.2 Å². The highest BCUT2D eigenvalue weighted by Crippen LogP contribution is 2.12. The van der Waals surface area contributed by atoms with Gasteiger partial charge in [-0.15, -0.1) is 0 Å². The highest BCUT2D eigenvalue weighted by Gasteiger charge is 2.23. The summed E-state index contributed by atoms with van der Waals surface area (Å²) in [5.74, 6) is 0.607. The molecule has 0 aromatic carbocycles. The van der Waals surface area contributed by atoms with Gasteiger partial charge >= 0.3 is 0 Å². The minimum atomic E-state index is -0.0755. The minimum absolute atomic E-state index is 0.0144. The van der Waals surface area contributed by atoms with E-state index >= 15 is 0 Å². The van der Waals surface area contributed by atoms with Gasteiger partial charge < -0.3 is 5.32 Å². The molecule has 1 aromatic rings. The summed E-state index contributed by atoms with van der Waals surface area (Å²) in [6.07, 6.45) is 3.93. The number of anilines is 1. The second-order valence-corrected chi connectivity index (χ2v) is 4.05. The second-order valence-electron chi connectivity index (χ2n) is 4.05. The molecule has 1 unspecified atom stereocenters. The first-order valence-electron chi connectivity index (χ1n) is 5.64. The number of carbonyl (C=O) groups is 1. The van der Waals surface area contributed by atoms with Crippen LogP contribution >= 0.6 is 0 Å². The van der Waals surface area contributed by atoms with Gasteiger partial charge in [0.15, 0.2) is 0 Å². The maximum absolute atomic E-state index is 11.9. The SMILES string of the molecule is CC(C(=O)Nc1cc[c]cn1)N1CCCC1. The van der Waals surface area contributed by atoms with Gasteiger partial charge in [0.05, 0.1) is 6.04 Å². The van der Waals surface area contributed by atoms with Crippen LogP contribution in [0.5, 0.6) is 0 Å². The molecule has 16 heavy (non-hydrogen) atoms. The van der Waals surface area contributed by atoms with E-state index in [4.69, 9.17) is 0 Å². The summed E-state index contributed by atoms with van der Waals surface area (Å²) in [6.45, 7) is 3.98. The van der Waals surface area contributed by atoms with Gasteiger partial charge in [-0.2, -0.15) is 0 Å². The number of hydrogen-bond acceptors (Lipinski definition) is 3. The molecule has 85 valence electrons. The standard InChI is InChI=1S/C12H16N3O/c1-10(15-8-4-5-9-15)12(16)14-11-6-2-3-7-13-11/h2,6-7,10H,4-5,8-9H2,1H3,(H,13,14,16). The maximum atomic E-state index is 11.9. The first-order chi connectivity index (χ1) is 7.77. The first-order valence-corrected chi connectivity index (χ1v) is 5.64. The van der Waals surface area contributed by atoms with Crippen molar-refractivity contribution in [3.8, 4) is 0 Å². The van der Waals surface area contributed by atoms with Crippen LogP contribution in [0.3, 0.4) is 0 Å². The van der Waals surface area contributed by atoms with Gasteiger partial charge in [-0.25, -0.2) is 4.98 Å². The summed E-state index contributed by atoms with van der Waals surface area (Å²) in [5.41, 5.74) is 0. The summed E-state index contributed by atoms with van der Waals surface area (Å²) < 4.78 is 0. The van der Waals surface area contributed by atoms with E-state index in [2.05, 4.69) is 21.3 Å². The smallest absolute Gasteiger partial charge is 0.242 e. The van der Waals surface area contributed by atoms with Gasteiger partial charge in [0, 0.05) is 12.3 Å². The molecule has 1 atom stereocenters. The molecule has 0 aliphatic carbocycles. The summed E-state index contributed by atoms with van der Waals surface area (Å²) in [7, 11) is 0. The molecule has 1 aliphatic rings. The molecule has 2 rings (SSSR count). The van der Waals surface area contributed by atoms with E-state index < -0.39 is 0 Å². The Bertz CT molecular complexity index is 347. The molecule has 1 N–H and O–H groups in total. The summed E-state index contributed by atoms with van der Waals surface area (Å²) >= 11 is 0. The Hall–Kier alpha value is -1.42. The number of rotatable bonds is 3. The molecule has 4 heteroatoms. The van der Waals surface area contributed by atoms with Gasteiger partial charge in [-0.3, -0.25) is 9.69 Å². The quantitative estimate of drug-likeness (QED) is 0.832. The van der Waals surface area contributed by atoms with Gasteiger partial charge in [0.25, 0.3) is 0 Å². The lowest BCUT2D eigenvalue weighted by Gasteiger charge is -2.22. The number of hydrogen-bond donors (Lipinski definition) is 1. The van der Waals surface area contributed by atoms with Crippen LogP contribution in [0, 0.1) is 6.07 Å². The molecular weight excluding hydrogens is 202 g/mol. The predicted molar refractivity (Wildman–Crippen MR) is 62.0 cm³/mol. The molecule has 1 fully saturated rings. The van der Waals surface area contributed by atoms with Crippen molar-refractivity contribution in [1.29, 1.82) is 0 Å². The third-order valence-electron chi connectivity index (χ3n) is 2.93. The highest BCUT2D eigenvalue weighted by molar-refractivity contribution is 5.93. The number of pyridine rings is 1. The van der Waals surface area contributed by atoms with Crippen LogP contribution in [0.2, 0.25) is 0 Å². The number of nitrogens with one attached hydrogen (secondary N) is 1. The van der Waals surface area contributed by atoms with E-state index in [1.165, 1.54) is 12.8 Å². The van der Waals surface area contributed by atoms with Crippen LogP contribution in [0.25, 0.3) is 0 Å². The van der Waals surface area contributed by atoms with Crippen LogP contribution in [0.4, 0.5) is 5.82 Å². The Labute approximate surface area is 95.7 Å². The van der Waals surface area contributed by atoms with Gasteiger partial charge in [0.1, 0.15) is 5.82 Å². The van der Waals surface area contributed by atoms with Gasteiger partial charge in [-0.1, -0.05) is 0 Å². The van der Waals surface area contributed by atoms with Gasteiger partial charge in [0.2, 0.25) is 5.91 Å². The van der Waals surface area contributed by atoms with Crippen molar-refractivity contribution in [3.05, 3.63) is 24.4 Å². The van der Waals surface area contributed by atoms with Crippen molar-refractivity contribution in [1.82, 2.24) is 9.88 Å². The normalized spacial score (nSPS) is 18.3. The number of nitrogens with zero attached hydrogens (tertiary/aromatic N) is 2. The molecule has 1 aromatic heterocycles. The number of amides is 1. The largest absolute Gasteiger partial charge is 0.309 e. The minimum Gasteiger partial charge on any atom is -0.309 e. The zero-order valence-corrected chi connectivity index (χ0v) is 9.44. The fourth-order valence-corrected chi connectivity index (χ4v) is 1.92. The van der Waals surface area contributed by atoms with E-state index in [-0.39, 0.29) is 11.9 Å². The Morgan fingerprint density at radius 1 is 1.56 bits per heavy atom. The summed E-state index contributed by atoms with van der Waals surface area (Å²) in [6, 6.07) is 6.23. The van der Waals surface area contributed by atoms with E-state index in [9.17, 15) is 4.79 Å². The van der Waals surface area contributed by atoms with Crippen molar-refractivity contribution in [3.63, 3.8) is 0 Å². The Kier molecular flexibility index (Phi) is 3.51. The molecule has 1 amide bonds. The lowest BCUT2D eigenvalue weighted by atomic mass is 10.3. The molecular formula is C12H16N3O. The van der Waals surface area contributed by atoms with Crippen molar-refractivity contribution in [2.24, 2.45) is 0 Å². The molecule has 0 bridgehead atoms. The molecule has 1 radical (unpaired) electrons. The summed E-state index contributed by atoms with van der Waals surface area (Å²) in [5, 5.41) is 2.81. The van der Waals surface area contributed by atoms with Crippen LogP contribution in [0.1, 0.15) is 19.8 Å². The third-order valence-corrected chi connectivity index (χ3v) is 2.93. The Morgan fingerprint density at radius 3 is 2.94 bits per heavy atom. The average Bonchev–Trinajstić information content (AvgIpc) is 2.83. The van der Waals surface area contributed by atoms with Crippen molar-refractivity contribution >= 4 is 11.7 Å². The van der Waals surface area contributed by atoms with E-state index in [1.54, 1.807) is 18.3 Å². The molecule has 0 spiro atoms. The van der Waals surface area contributed by atoms with Crippen LogP contribution in [-0.2, 0) is 4.79 Å². The number of likely N-dealkylation sites (tertiary alicyclic amines) is 1. The van der Waals surface area contributed by atoms with Crippen LogP contribution in [-0.4, -0.2) is 34.9 Å². The first kappa shape index (κ1) is 11.1. The zero-order valence-electron chi connectivity index (χ0n) is 9.44. The highest BCUT2D eigenvalue weighted by atomic mass is 16.2. The Balaban J connectivity index is 1.92. The molecule has 1 aliphatic heterocycles. The van der Waals surface area contributed by atoms with Crippen LogP contribution < -0.4 is 5.32 Å². The monoisotopic (exact) mass is 218 g/mol. The Morgan fingerprint density at radius 2 is 2.31 bits per heavy atom. The lowest BCUT2D eigenvalue weighted by molar-refractivity contribution is -0.120. The van der Waals surface area contributed by atoms with E-state index in [0.29, 0.717) is 5.82 Å². The number of aromatic nitrogens is 1. The van der Waals surface area contributed by atoms with Gasteiger partial charge in [-0.05, 0) is 45.0 Å². The van der Waals surface area contributed by atoms with E-state index in [1.807, 2.05) is 6.92 Å². The average molecular weight is 218 g/mol. The predicted octanol–water partition coefficient (Wildman–Crippen LogP) is 1.30. The maximum Gasteiger partial charge on any atom is 0.242 e. The molecule has 4 nitrogen and oxygen atoms in total. The fraction of sp³-hybridized carbons (Fsp3) is 0.500. The van der Waals surface area contributed by atoms with Crippen molar-refractivity contribution in [2.45, 2.75) is 25.8 Å². The fourth-order valence-electron chi connectivity index (χ4n) is 1.92. The molecule has 2 heterocycles. The second kappa shape index (κ2) is 5.07. The molecule has 0 saturated carbocycles. The summed E-state index contributed by atoms with van der Waals surface area (Å²) in [4.78, 5) is 18.1. The van der Waals surface area contributed by atoms with Crippen molar-refractivity contribution < 1.29 is 4.79 Å². The third kappa shape index (κ3) is 2.58. The van der Waals surface area contributed by atoms with E-state index in [0.717, 1.165) is 13.1 Å². The number of carbonyl (C=O) groups excluding carboxylic acids is 1. The van der Waals surface area contributed by atoms with Crippen LogP contribution in [0.15, 0.2) is 18.3 Å². The van der Waals surface area contributed by atoms with Crippen molar-refractivity contribution in [2.75, 3.05) is 18.4 Å². The zero-order chi connectivity index (χ0) is 11.4. The lowest BCUT2D eigenvalue weighted by Crippen LogP contribution is -2.40.